The number of aryl methyl sites for hydroxylation is 1. The molecule has 6 nitrogen and oxygen atoms in total. The topological polar surface area (TPSA) is 64.1 Å². The number of aliphatic imine (C=N–C) groups is 1. The summed E-state index contributed by atoms with van der Waals surface area (Å²) in [6.07, 6.45) is 2.04. The second-order valence-electron chi connectivity index (χ2n) is 8.70. The van der Waals surface area contributed by atoms with E-state index in [4.69, 9.17) is 14.2 Å². The Morgan fingerprint density at radius 2 is 2.07 bits per heavy atom. The third-order valence-electron chi connectivity index (χ3n) is 6.66. The molecule has 0 bridgehead atoms. The molecule has 1 aromatic rings. The Labute approximate surface area is 192 Å². The average molecular weight is 517 g/mol. The van der Waals surface area contributed by atoms with Crippen LogP contribution in [-0.2, 0) is 16.0 Å². The van der Waals surface area contributed by atoms with Gasteiger partial charge in [-0.2, -0.15) is 0 Å². The van der Waals surface area contributed by atoms with Gasteiger partial charge in [-0.15, -0.1) is 24.0 Å². The zero-order valence-corrected chi connectivity index (χ0v) is 20.8. The molecular weight excluding hydrogens is 481 g/mol. The zero-order chi connectivity index (χ0) is 20.4. The Balaban J connectivity index is 0.00000300. The Morgan fingerprint density at radius 3 is 2.66 bits per heavy atom. The highest BCUT2D eigenvalue weighted by Gasteiger charge is 2.58. The van der Waals surface area contributed by atoms with Crippen molar-refractivity contribution in [2.45, 2.75) is 64.8 Å². The van der Waals surface area contributed by atoms with Crippen LogP contribution in [0, 0.1) is 12.3 Å². The summed E-state index contributed by atoms with van der Waals surface area (Å²) >= 11 is 0. The quantitative estimate of drug-likeness (QED) is 0.343. The monoisotopic (exact) mass is 517 g/mol. The minimum absolute atomic E-state index is 0. The molecule has 29 heavy (non-hydrogen) atoms. The molecule has 0 radical (unpaired) electrons. The highest BCUT2D eigenvalue weighted by molar-refractivity contribution is 14.0. The van der Waals surface area contributed by atoms with Gasteiger partial charge in [-0.05, 0) is 31.9 Å². The number of halogens is 1. The number of methoxy groups -OCH3 is 1. The average Bonchev–Trinajstić information content (AvgIpc) is 3.18. The van der Waals surface area contributed by atoms with Crippen LogP contribution >= 0.6 is 24.0 Å². The van der Waals surface area contributed by atoms with E-state index < -0.39 is 0 Å². The molecule has 0 aromatic heterocycles. The smallest absolute Gasteiger partial charge is 0.191 e. The number of hydrogen-bond acceptors (Lipinski definition) is 4. The lowest BCUT2D eigenvalue weighted by molar-refractivity contribution is -0.176. The van der Waals surface area contributed by atoms with Crippen LogP contribution in [-0.4, -0.2) is 51.1 Å². The van der Waals surface area contributed by atoms with Gasteiger partial charge in [0.15, 0.2) is 5.96 Å². The Morgan fingerprint density at radius 1 is 1.31 bits per heavy atom. The van der Waals surface area contributed by atoms with E-state index in [0.717, 1.165) is 36.7 Å². The Kier molecular flexibility index (Phi) is 8.21. The first-order valence-electron chi connectivity index (χ1n) is 10.2. The number of rotatable bonds is 6. The number of guanidine groups is 1. The molecule has 3 unspecified atom stereocenters. The van der Waals surface area contributed by atoms with Crippen LogP contribution in [0.4, 0.5) is 0 Å². The van der Waals surface area contributed by atoms with E-state index in [-0.39, 0.29) is 41.1 Å². The molecule has 1 aliphatic carbocycles. The molecule has 164 valence electrons. The van der Waals surface area contributed by atoms with Gasteiger partial charge in [-0.3, -0.25) is 4.99 Å². The minimum Gasteiger partial charge on any atom is -0.488 e. The number of nitrogens with zero attached hydrogens (tertiary/aromatic N) is 1. The first-order chi connectivity index (χ1) is 13.3. The summed E-state index contributed by atoms with van der Waals surface area (Å²) in [5.74, 6) is 1.72. The third-order valence-corrected chi connectivity index (χ3v) is 6.66. The molecule has 1 saturated heterocycles. The molecule has 2 aliphatic rings. The summed E-state index contributed by atoms with van der Waals surface area (Å²) in [6.45, 7) is 10.8. The fraction of sp³-hybridized carbons (Fsp3) is 0.682. The van der Waals surface area contributed by atoms with Gasteiger partial charge < -0.3 is 24.8 Å². The van der Waals surface area contributed by atoms with Crippen molar-refractivity contribution in [3.8, 4) is 5.75 Å². The Bertz CT molecular complexity index is 719. The maximum Gasteiger partial charge on any atom is 0.191 e. The molecule has 1 aromatic carbocycles. The van der Waals surface area contributed by atoms with Gasteiger partial charge in [0.2, 0.25) is 0 Å². The molecule has 1 heterocycles. The summed E-state index contributed by atoms with van der Waals surface area (Å²) in [5, 5.41) is 6.99. The molecule has 1 aliphatic heterocycles. The van der Waals surface area contributed by atoms with Gasteiger partial charge in [0.05, 0.1) is 18.8 Å². The second kappa shape index (κ2) is 9.83. The first kappa shape index (κ1) is 24.2. The molecule has 3 rings (SSSR count). The highest BCUT2D eigenvalue weighted by atomic mass is 127. The van der Waals surface area contributed by atoms with Crippen LogP contribution < -0.4 is 15.4 Å². The number of benzene rings is 1. The van der Waals surface area contributed by atoms with Crippen molar-refractivity contribution in [1.29, 1.82) is 0 Å². The summed E-state index contributed by atoms with van der Waals surface area (Å²) in [4.78, 5) is 4.41. The molecule has 7 heteroatoms. The van der Waals surface area contributed by atoms with E-state index in [1.165, 1.54) is 5.56 Å². The van der Waals surface area contributed by atoms with Crippen LogP contribution in [0.2, 0.25) is 0 Å². The van der Waals surface area contributed by atoms with Crippen molar-refractivity contribution in [3.63, 3.8) is 0 Å². The molecule has 2 N–H and O–H groups in total. The fourth-order valence-electron chi connectivity index (χ4n) is 3.96. The molecule has 0 spiro atoms. The largest absolute Gasteiger partial charge is 0.488 e. The van der Waals surface area contributed by atoms with Crippen LogP contribution in [0.15, 0.2) is 23.2 Å². The van der Waals surface area contributed by atoms with Gasteiger partial charge in [-0.25, -0.2) is 0 Å². The van der Waals surface area contributed by atoms with Crippen molar-refractivity contribution in [2.75, 3.05) is 27.4 Å². The van der Waals surface area contributed by atoms with Crippen LogP contribution in [0.3, 0.4) is 0 Å². The minimum atomic E-state index is -0.106. The molecule has 2 fully saturated rings. The fourth-order valence-corrected chi connectivity index (χ4v) is 3.96. The predicted molar refractivity (Wildman–Crippen MR) is 127 cm³/mol. The normalized spacial score (nSPS) is 28.3. The van der Waals surface area contributed by atoms with Gasteiger partial charge in [0.25, 0.3) is 0 Å². The maximum atomic E-state index is 6.20. The maximum absolute atomic E-state index is 6.20. The lowest BCUT2D eigenvalue weighted by Gasteiger charge is -2.59. The Hall–Kier alpha value is -1.06. The summed E-state index contributed by atoms with van der Waals surface area (Å²) in [6, 6.07) is 6.65. The standard InChI is InChI=1S/C22H35N3O3.HI/c1-15-7-8-16(18(11-15)28-17-9-10-27-14-17)13-24-20(23-5)25-19-12-22(4,26-6)21(19,2)3;/h7-8,11,17,19H,9-10,12-14H2,1-6H3,(H2,23,24,25);1H. The highest BCUT2D eigenvalue weighted by Crippen LogP contribution is 2.51. The number of nitrogens with one attached hydrogen (secondary N) is 2. The molecular formula is C22H36IN3O3. The second-order valence-corrected chi connectivity index (χ2v) is 8.70. The van der Waals surface area contributed by atoms with E-state index in [9.17, 15) is 0 Å². The summed E-state index contributed by atoms with van der Waals surface area (Å²) in [7, 11) is 3.60. The van der Waals surface area contributed by atoms with Crippen molar-refractivity contribution >= 4 is 29.9 Å². The van der Waals surface area contributed by atoms with Crippen molar-refractivity contribution < 1.29 is 14.2 Å². The van der Waals surface area contributed by atoms with Crippen LogP contribution in [0.5, 0.6) is 5.75 Å². The van der Waals surface area contributed by atoms with Gasteiger partial charge in [-0.1, -0.05) is 26.0 Å². The van der Waals surface area contributed by atoms with Crippen molar-refractivity contribution in [1.82, 2.24) is 10.6 Å². The van der Waals surface area contributed by atoms with E-state index in [1.54, 1.807) is 14.2 Å². The van der Waals surface area contributed by atoms with E-state index in [2.05, 4.69) is 61.5 Å². The van der Waals surface area contributed by atoms with Gasteiger partial charge in [0.1, 0.15) is 11.9 Å². The number of hydrogen-bond donors (Lipinski definition) is 2. The van der Waals surface area contributed by atoms with E-state index in [1.807, 2.05) is 0 Å². The summed E-state index contributed by atoms with van der Waals surface area (Å²) in [5.41, 5.74) is 2.23. The van der Waals surface area contributed by atoms with E-state index in [0.29, 0.717) is 19.2 Å². The predicted octanol–water partition coefficient (Wildman–Crippen LogP) is 3.65. The SMILES string of the molecule is CN=C(NCc1ccc(C)cc1OC1CCOC1)NC1CC(C)(OC)C1(C)C.I. The van der Waals surface area contributed by atoms with Gasteiger partial charge in [0, 0.05) is 44.1 Å². The van der Waals surface area contributed by atoms with Crippen LogP contribution in [0.1, 0.15) is 44.7 Å². The lowest BCUT2D eigenvalue weighted by Crippen LogP contribution is -2.69. The van der Waals surface area contributed by atoms with Gasteiger partial charge >= 0.3 is 0 Å². The summed E-state index contributed by atoms with van der Waals surface area (Å²) < 4.78 is 17.4. The van der Waals surface area contributed by atoms with E-state index >= 15 is 0 Å². The molecule has 3 atom stereocenters. The molecule has 0 amide bonds. The first-order valence-corrected chi connectivity index (χ1v) is 10.2. The zero-order valence-electron chi connectivity index (χ0n) is 18.5. The molecule has 1 saturated carbocycles. The van der Waals surface area contributed by atoms with Crippen molar-refractivity contribution in [2.24, 2.45) is 10.4 Å². The van der Waals surface area contributed by atoms with Crippen LogP contribution in [0.25, 0.3) is 0 Å². The number of ether oxygens (including phenoxy) is 3. The van der Waals surface area contributed by atoms with Crippen molar-refractivity contribution in [3.05, 3.63) is 29.3 Å². The third kappa shape index (κ3) is 5.17. The lowest BCUT2D eigenvalue weighted by atomic mass is 9.56.